The molecule has 176 valence electrons. The van der Waals surface area contributed by atoms with Crippen molar-refractivity contribution in [3.05, 3.63) is 42.6 Å². The smallest absolute Gasteiger partial charge is 0.322 e. The Hall–Kier alpha value is -3.94. The van der Waals surface area contributed by atoms with Crippen LogP contribution in [0, 0.1) is 0 Å². The molecule has 0 bridgehead atoms. The number of carbonyl (C=O) groups is 2. The van der Waals surface area contributed by atoms with Gasteiger partial charge in [0.1, 0.15) is 0 Å². The van der Waals surface area contributed by atoms with Crippen LogP contribution in [0.15, 0.2) is 36.9 Å². The number of piperazine rings is 2. The zero-order valence-corrected chi connectivity index (χ0v) is 19.1. The number of anilines is 3. The quantitative estimate of drug-likeness (QED) is 0.559. The maximum absolute atomic E-state index is 13.1. The van der Waals surface area contributed by atoms with Gasteiger partial charge in [-0.05, 0) is 12.1 Å². The Morgan fingerprint density at radius 2 is 1.24 bits per heavy atom. The number of hydrogen-bond acceptors (Lipinski definition) is 11. The second-order valence-electron chi connectivity index (χ2n) is 7.73. The molecule has 0 saturated carbocycles. The zero-order valence-electron chi connectivity index (χ0n) is 18.3. The largest absolute Gasteiger partial charge is 0.337 e. The van der Waals surface area contributed by atoms with E-state index in [-0.39, 0.29) is 17.6 Å². The average Bonchev–Trinajstić information content (AvgIpc) is 3.37. The summed E-state index contributed by atoms with van der Waals surface area (Å²) < 4.78 is 3.91. The molecule has 0 atom stereocenters. The van der Waals surface area contributed by atoms with Crippen molar-refractivity contribution in [2.75, 3.05) is 67.5 Å². The average molecular weight is 482 g/mol. The third kappa shape index (κ3) is 4.71. The van der Waals surface area contributed by atoms with Gasteiger partial charge in [-0.15, -0.1) is 5.10 Å². The summed E-state index contributed by atoms with van der Waals surface area (Å²) in [7, 11) is 0. The molecule has 0 spiro atoms. The van der Waals surface area contributed by atoms with Crippen molar-refractivity contribution >= 4 is 40.4 Å². The van der Waals surface area contributed by atoms with Crippen molar-refractivity contribution in [3.8, 4) is 0 Å². The van der Waals surface area contributed by atoms with E-state index >= 15 is 0 Å². The molecule has 3 amide bonds. The van der Waals surface area contributed by atoms with E-state index in [9.17, 15) is 9.59 Å². The Morgan fingerprint density at radius 3 is 1.76 bits per heavy atom. The van der Waals surface area contributed by atoms with E-state index < -0.39 is 0 Å². The van der Waals surface area contributed by atoms with Gasteiger partial charge in [-0.25, -0.2) is 24.7 Å². The van der Waals surface area contributed by atoms with E-state index in [4.69, 9.17) is 0 Å². The standard InChI is InChI=1S/C20H23N11O2S/c32-17(28-7-9-29(10-8-28)18-21-3-1-4-22-18)15-16(34-27-26-15)25-20(33)31-13-11-30(12-14-31)19-23-5-2-6-24-19/h1-6H,7-14H2,(H,25,33). The Bertz CT molecular complexity index is 1110. The fraction of sp³-hybridized carbons (Fsp3) is 0.400. The van der Waals surface area contributed by atoms with Gasteiger partial charge in [-0.1, -0.05) is 4.49 Å². The second-order valence-corrected chi connectivity index (χ2v) is 8.49. The Balaban J connectivity index is 1.15. The van der Waals surface area contributed by atoms with Gasteiger partial charge < -0.3 is 19.6 Å². The third-order valence-electron chi connectivity index (χ3n) is 5.71. The number of aromatic nitrogens is 6. The van der Waals surface area contributed by atoms with Gasteiger partial charge in [0.25, 0.3) is 5.91 Å². The van der Waals surface area contributed by atoms with Crippen LogP contribution in [-0.2, 0) is 0 Å². The lowest BCUT2D eigenvalue weighted by molar-refractivity contribution is 0.0741. The van der Waals surface area contributed by atoms with Crippen LogP contribution in [-0.4, -0.2) is 104 Å². The molecule has 1 N–H and O–H groups in total. The highest BCUT2D eigenvalue weighted by Crippen LogP contribution is 2.22. The molecule has 14 heteroatoms. The number of amides is 3. The molecular formula is C20H23N11O2S. The maximum atomic E-state index is 13.1. The molecule has 2 saturated heterocycles. The Labute approximate surface area is 199 Å². The molecule has 2 fully saturated rings. The van der Waals surface area contributed by atoms with Gasteiger partial charge in [-0.2, -0.15) is 0 Å². The summed E-state index contributed by atoms with van der Waals surface area (Å²) in [5, 5.41) is 7.18. The molecule has 3 aromatic rings. The van der Waals surface area contributed by atoms with Crippen molar-refractivity contribution in [2.45, 2.75) is 0 Å². The van der Waals surface area contributed by atoms with Gasteiger partial charge in [0, 0.05) is 88.7 Å². The van der Waals surface area contributed by atoms with Crippen LogP contribution < -0.4 is 15.1 Å². The Kier molecular flexibility index (Phi) is 6.38. The SMILES string of the molecule is O=C(Nc1snnc1C(=O)N1CCN(c2ncccn2)CC1)N1CCN(c2ncccn2)CC1. The highest BCUT2D eigenvalue weighted by Gasteiger charge is 2.29. The van der Waals surface area contributed by atoms with Crippen LogP contribution in [0.25, 0.3) is 0 Å². The van der Waals surface area contributed by atoms with Gasteiger partial charge in [0.2, 0.25) is 11.9 Å². The number of rotatable bonds is 4. The van der Waals surface area contributed by atoms with Gasteiger partial charge >= 0.3 is 6.03 Å². The number of nitrogens with one attached hydrogen (secondary N) is 1. The number of nitrogens with zero attached hydrogens (tertiary/aromatic N) is 10. The lowest BCUT2D eigenvalue weighted by atomic mass is 10.3. The van der Waals surface area contributed by atoms with Crippen molar-refractivity contribution in [1.82, 2.24) is 39.3 Å². The van der Waals surface area contributed by atoms with E-state index in [1.807, 2.05) is 9.80 Å². The molecule has 13 nitrogen and oxygen atoms in total. The highest BCUT2D eigenvalue weighted by molar-refractivity contribution is 7.10. The predicted molar refractivity (Wildman–Crippen MR) is 125 cm³/mol. The molecule has 34 heavy (non-hydrogen) atoms. The lowest BCUT2D eigenvalue weighted by Gasteiger charge is -2.35. The summed E-state index contributed by atoms with van der Waals surface area (Å²) in [6.45, 7) is 4.53. The molecule has 0 aliphatic carbocycles. The monoisotopic (exact) mass is 481 g/mol. The Morgan fingerprint density at radius 1 is 0.735 bits per heavy atom. The van der Waals surface area contributed by atoms with Crippen molar-refractivity contribution < 1.29 is 9.59 Å². The summed E-state index contributed by atoms with van der Waals surface area (Å²) >= 11 is 1.00. The third-order valence-corrected chi connectivity index (χ3v) is 6.36. The van der Waals surface area contributed by atoms with E-state index in [1.165, 1.54) is 0 Å². The molecule has 0 aromatic carbocycles. The van der Waals surface area contributed by atoms with Crippen molar-refractivity contribution in [2.24, 2.45) is 0 Å². The molecule has 0 radical (unpaired) electrons. The second kappa shape index (κ2) is 9.91. The van der Waals surface area contributed by atoms with Crippen LogP contribution in [0.2, 0.25) is 0 Å². The first-order chi connectivity index (χ1) is 16.7. The summed E-state index contributed by atoms with van der Waals surface area (Å²) in [5.74, 6) is 1.06. The molecule has 2 aliphatic heterocycles. The van der Waals surface area contributed by atoms with E-state index in [1.54, 1.807) is 46.7 Å². The zero-order chi connectivity index (χ0) is 23.3. The first-order valence-electron chi connectivity index (χ1n) is 10.9. The van der Waals surface area contributed by atoms with E-state index in [0.29, 0.717) is 69.3 Å². The summed E-state index contributed by atoms with van der Waals surface area (Å²) in [5.41, 5.74) is 0.166. The molecule has 2 aliphatic rings. The minimum absolute atomic E-state index is 0.166. The normalized spacial score (nSPS) is 16.5. The first-order valence-corrected chi connectivity index (χ1v) is 11.7. The van der Waals surface area contributed by atoms with Crippen LogP contribution in [0.4, 0.5) is 21.7 Å². The molecule has 0 unspecified atom stereocenters. The topological polar surface area (TPSA) is 136 Å². The minimum Gasteiger partial charge on any atom is -0.337 e. The number of hydrogen-bond donors (Lipinski definition) is 1. The predicted octanol–water partition coefficient (Wildman–Crippen LogP) is 0.435. The molecule has 3 aromatic heterocycles. The van der Waals surface area contributed by atoms with Gasteiger partial charge in [-0.3, -0.25) is 10.1 Å². The highest BCUT2D eigenvalue weighted by atomic mass is 32.1. The van der Waals surface area contributed by atoms with Gasteiger partial charge in [0.15, 0.2) is 10.7 Å². The van der Waals surface area contributed by atoms with Gasteiger partial charge in [0.05, 0.1) is 0 Å². The van der Waals surface area contributed by atoms with E-state index in [0.717, 1.165) is 11.5 Å². The molecule has 5 rings (SSSR count). The fourth-order valence-corrected chi connectivity index (χ4v) is 4.42. The van der Waals surface area contributed by atoms with Crippen LogP contribution in [0.3, 0.4) is 0 Å². The molecular weight excluding hydrogens is 458 g/mol. The number of urea groups is 1. The van der Waals surface area contributed by atoms with Crippen LogP contribution in [0.5, 0.6) is 0 Å². The lowest BCUT2D eigenvalue weighted by Crippen LogP contribution is -2.51. The van der Waals surface area contributed by atoms with Crippen molar-refractivity contribution in [3.63, 3.8) is 0 Å². The molecule has 5 heterocycles. The van der Waals surface area contributed by atoms with E-state index in [2.05, 4.69) is 34.8 Å². The van der Waals surface area contributed by atoms with Crippen LogP contribution in [0.1, 0.15) is 10.5 Å². The van der Waals surface area contributed by atoms with Crippen molar-refractivity contribution in [1.29, 1.82) is 0 Å². The number of carbonyl (C=O) groups excluding carboxylic acids is 2. The van der Waals surface area contributed by atoms with Crippen LogP contribution >= 0.6 is 11.5 Å². The summed E-state index contributed by atoms with van der Waals surface area (Å²) in [6, 6.07) is 3.26. The maximum Gasteiger partial charge on any atom is 0.322 e. The summed E-state index contributed by atoms with van der Waals surface area (Å²) in [6.07, 6.45) is 6.80. The summed E-state index contributed by atoms with van der Waals surface area (Å²) in [4.78, 5) is 50.4. The minimum atomic E-state index is -0.278. The first kappa shape index (κ1) is 21.9. The fourth-order valence-electron chi connectivity index (χ4n) is 3.87.